The smallest absolute Gasteiger partial charge is 0.306 e. The zero-order chi connectivity index (χ0) is 17.4. The molecule has 5 heteroatoms. The van der Waals surface area contributed by atoms with E-state index in [0.29, 0.717) is 30.9 Å². The summed E-state index contributed by atoms with van der Waals surface area (Å²) in [5, 5.41) is 0. The Kier molecular flexibility index (Phi) is 7.49. The number of ether oxygens (including phenoxy) is 2. The summed E-state index contributed by atoms with van der Waals surface area (Å²) in [4.78, 5) is 11.3. The lowest BCUT2D eigenvalue weighted by atomic mass is 10.1. The normalized spacial score (nSPS) is 10.5. The van der Waals surface area contributed by atoms with Gasteiger partial charge in [-0.1, -0.05) is 52.9 Å². The summed E-state index contributed by atoms with van der Waals surface area (Å²) in [6, 6.07) is 12.9. The molecule has 24 heavy (non-hydrogen) atoms. The maximum absolute atomic E-state index is 14.1. The van der Waals surface area contributed by atoms with E-state index in [0.717, 1.165) is 9.99 Å². The van der Waals surface area contributed by atoms with E-state index in [2.05, 4.69) is 34.7 Å². The van der Waals surface area contributed by atoms with Crippen LogP contribution < -0.4 is 4.74 Å². The molecule has 0 atom stereocenters. The summed E-state index contributed by atoms with van der Waals surface area (Å²) in [6.45, 7) is 2.48. The molecule has 2 aromatic carbocycles. The van der Waals surface area contributed by atoms with Crippen LogP contribution in [0.2, 0.25) is 0 Å². The number of carbonyl (C=O) groups excluding carboxylic acids is 1. The highest BCUT2D eigenvalue weighted by Crippen LogP contribution is 2.19. The Morgan fingerprint density at radius 3 is 2.46 bits per heavy atom. The van der Waals surface area contributed by atoms with E-state index in [-0.39, 0.29) is 18.2 Å². The molecule has 0 aliphatic carbocycles. The molecule has 0 heterocycles. The van der Waals surface area contributed by atoms with Crippen LogP contribution in [0.5, 0.6) is 5.75 Å². The highest BCUT2D eigenvalue weighted by molar-refractivity contribution is 14.1. The molecule has 0 unspecified atom stereocenters. The lowest BCUT2D eigenvalue weighted by Gasteiger charge is -2.09. The van der Waals surface area contributed by atoms with E-state index in [1.54, 1.807) is 19.1 Å². The summed E-state index contributed by atoms with van der Waals surface area (Å²) in [5.74, 6) is -0.199. The van der Waals surface area contributed by atoms with Crippen LogP contribution in [0.4, 0.5) is 4.39 Å². The minimum absolute atomic E-state index is 0.175. The molecule has 0 amide bonds. The lowest BCUT2D eigenvalue weighted by Crippen LogP contribution is -2.06. The SMILES string of the molecule is CCOC(=O)CCc1ccc(OCc2ccc(CI)cc2)cc1F. The Morgan fingerprint density at radius 2 is 1.83 bits per heavy atom. The third-order valence-corrected chi connectivity index (χ3v) is 4.39. The summed E-state index contributed by atoms with van der Waals surface area (Å²) in [6.07, 6.45) is 0.497. The van der Waals surface area contributed by atoms with E-state index in [1.807, 2.05) is 12.1 Å². The molecule has 0 aromatic heterocycles. The van der Waals surface area contributed by atoms with E-state index in [4.69, 9.17) is 9.47 Å². The number of hydrogen-bond acceptors (Lipinski definition) is 3. The Bertz CT molecular complexity index is 671. The van der Waals surface area contributed by atoms with E-state index < -0.39 is 0 Å². The second-order valence-corrected chi connectivity index (χ2v) is 6.06. The van der Waals surface area contributed by atoms with Crippen molar-refractivity contribution < 1.29 is 18.7 Å². The number of halogens is 2. The molecular weight excluding hydrogens is 422 g/mol. The molecule has 0 aliphatic heterocycles. The van der Waals surface area contributed by atoms with Gasteiger partial charge in [0.1, 0.15) is 18.2 Å². The average molecular weight is 442 g/mol. The minimum Gasteiger partial charge on any atom is -0.489 e. The van der Waals surface area contributed by atoms with Crippen LogP contribution in [0.1, 0.15) is 30.0 Å². The molecule has 0 saturated carbocycles. The summed E-state index contributed by atoms with van der Waals surface area (Å²) in [5.41, 5.74) is 2.79. The van der Waals surface area contributed by atoms with Crippen LogP contribution in [-0.2, 0) is 27.0 Å². The van der Waals surface area contributed by atoms with Gasteiger partial charge in [-0.15, -0.1) is 0 Å². The van der Waals surface area contributed by atoms with Crippen LogP contribution in [0, 0.1) is 5.82 Å². The van der Waals surface area contributed by atoms with Gasteiger partial charge in [0.15, 0.2) is 0 Å². The molecule has 128 valence electrons. The Labute approximate surface area is 155 Å². The van der Waals surface area contributed by atoms with Crippen LogP contribution in [0.25, 0.3) is 0 Å². The lowest BCUT2D eigenvalue weighted by molar-refractivity contribution is -0.143. The van der Waals surface area contributed by atoms with Gasteiger partial charge in [-0.3, -0.25) is 4.79 Å². The molecule has 2 aromatic rings. The first-order valence-electron chi connectivity index (χ1n) is 7.83. The molecule has 0 aliphatic rings. The van der Waals surface area contributed by atoms with Crippen molar-refractivity contribution in [3.8, 4) is 5.75 Å². The molecule has 3 nitrogen and oxygen atoms in total. The average Bonchev–Trinajstić information content (AvgIpc) is 2.60. The molecule has 0 bridgehead atoms. The highest BCUT2D eigenvalue weighted by atomic mass is 127. The van der Waals surface area contributed by atoms with Crippen molar-refractivity contribution in [3.63, 3.8) is 0 Å². The van der Waals surface area contributed by atoms with Gasteiger partial charge in [0, 0.05) is 16.9 Å². The fraction of sp³-hybridized carbons (Fsp3) is 0.316. The van der Waals surface area contributed by atoms with Gasteiger partial charge in [0.25, 0.3) is 0 Å². The maximum Gasteiger partial charge on any atom is 0.306 e. The Morgan fingerprint density at radius 1 is 1.12 bits per heavy atom. The van der Waals surface area contributed by atoms with Crippen molar-refractivity contribution in [2.45, 2.75) is 30.8 Å². The zero-order valence-corrected chi connectivity index (χ0v) is 15.7. The standard InChI is InChI=1S/C19H20FIO3/c1-2-23-19(22)10-8-16-7-9-17(11-18(16)20)24-13-15-5-3-14(12-21)4-6-15/h3-7,9,11H,2,8,10,12-13H2,1H3. The molecule has 0 saturated heterocycles. The minimum atomic E-state index is -0.364. The van der Waals surface area contributed by atoms with Gasteiger partial charge < -0.3 is 9.47 Å². The van der Waals surface area contributed by atoms with Gasteiger partial charge >= 0.3 is 5.97 Å². The third kappa shape index (κ3) is 5.78. The number of benzene rings is 2. The monoisotopic (exact) mass is 442 g/mol. The van der Waals surface area contributed by atoms with Crippen LogP contribution in [-0.4, -0.2) is 12.6 Å². The predicted molar refractivity (Wildman–Crippen MR) is 99.9 cm³/mol. The second-order valence-electron chi connectivity index (χ2n) is 5.30. The molecule has 0 N–H and O–H groups in total. The molecule has 0 radical (unpaired) electrons. The van der Waals surface area contributed by atoms with Gasteiger partial charge in [-0.2, -0.15) is 0 Å². The predicted octanol–water partition coefficient (Wildman–Crippen LogP) is 4.84. The third-order valence-electron chi connectivity index (χ3n) is 3.51. The summed E-state index contributed by atoms with van der Waals surface area (Å²) in [7, 11) is 0. The molecule has 2 rings (SSSR count). The molecular formula is C19H20FIO3. The zero-order valence-electron chi connectivity index (χ0n) is 13.6. The number of hydrogen-bond donors (Lipinski definition) is 0. The second kappa shape index (κ2) is 9.61. The van der Waals surface area contributed by atoms with E-state index in [9.17, 15) is 9.18 Å². The fourth-order valence-corrected chi connectivity index (χ4v) is 2.69. The van der Waals surface area contributed by atoms with Crippen LogP contribution >= 0.6 is 22.6 Å². The van der Waals surface area contributed by atoms with Crippen molar-refractivity contribution in [2.24, 2.45) is 0 Å². The number of aryl methyl sites for hydroxylation is 1. The highest BCUT2D eigenvalue weighted by Gasteiger charge is 2.08. The topological polar surface area (TPSA) is 35.5 Å². The number of esters is 1. The first kappa shape index (κ1) is 18.7. The Hall–Kier alpha value is -1.63. The van der Waals surface area contributed by atoms with E-state index >= 15 is 0 Å². The van der Waals surface area contributed by atoms with Gasteiger partial charge in [0.2, 0.25) is 0 Å². The van der Waals surface area contributed by atoms with Crippen molar-refractivity contribution in [2.75, 3.05) is 6.61 Å². The van der Waals surface area contributed by atoms with E-state index in [1.165, 1.54) is 11.6 Å². The first-order chi connectivity index (χ1) is 11.6. The van der Waals surface area contributed by atoms with Crippen LogP contribution in [0.3, 0.4) is 0 Å². The number of rotatable bonds is 8. The van der Waals surface area contributed by atoms with Crippen molar-refractivity contribution in [1.82, 2.24) is 0 Å². The molecule has 0 fully saturated rings. The van der Waals surface area contributed by atoms with Crippen molar-refractivity contribution in [3.05, 3.63) is 65.0 Å². The quantitative estimate of drug-likeness (QED) is 0.334. The van der Waals surface area contributed by atoms with Crippen molar-refractivity contribution >= 4 is 28.6 Å². The first-order valence-corrected chi connectivity index (χ1v) is 9.35. The molecule has 0 spiro atoms. The number of alkyl halides is 1. The number of carbonyl (C=O) groups is 1. The van der Waals surface area contributed by atoms with Gasteiger partial charge in [0.05, 0.1) is 6.61 Å². The maximum atomic E-state index is 14.1. The largest absolute Gasteiger partial charge is 0.489 e. The Balaban J connectivity index is 1.90. The van der Waals surface area contributed by atoms with Crippen LogP contribution in [0.15, 0.2) is 42.5 Å². The summed E-state index contributed by atoms with van der Waals surface area (Å²) >= 11 is 2.32. The summed E-state index contributed by atoms with van der Waals surface area (Å²) < 4.78 is 25.5. The van der Waals surface area contributed by atoms with Crippen molar-refractivity contribution in [1.29, 1.82) is 0 Å². The van der Waals surface area contributed by atoms with Gasteiger partial charge in [-0.05, 0) is 36.1 Å². The fourth-order valence-electron chi connectivity index (χ4n) is 2.18. The van der Waals surface area contributed by atoms with Gasteiger partial charge in [-0.25, -0.2) is 4.39 Å².